The third-order valence-electron chi connectivity index (χ3n) is 3.14. The largest absolute Gasteiger partial charge is 0.396 e. The second-order valence-electron chi connectivity index (χ2n) is 4.43. The summed E-state index contributed by atoms with van der Waals surface area (Å²) in [4.78, 5) is 6.60. The summed E-state index contributed by atoms with van der Waals surface area (Å²) in [6, 6.07) is 1.87. The Morgan fingerprint density at radius 2 is 2.41 bits per heavy atom. The van der Waals surface area contributed by atoms with Gasteiger partial charge in [-0.05, 0) is 47.2 Å². The number of aliphatic hydroxyl groups excluding tert-OH is 1. The van der Waals surface area contributed by atoms with Crippen LogP contribution < -0.4 is 4.90 Å². The second-order valence-corrected chi connectivity index (χ2v) is 5.75. The van der Waals surface area contributed by atoms with Crippen LogP contribution in [0.1, 0.15) is 19.3 Å². The number of rotatable bonds is 3. The van der Waals surface area contributed by atoms with Crippen molar-refractivity contribution >= 4 is 33.3 Å². The molecule has 2 rings (SSSR count). The number of pyridine rings is 1. The Hall–Kier alpha value is -0.320. The van der Waals surface area contributed by atoms with Crippen molar-refractivity contribution in [3.8, 4) is 0 Å². The predicted molar refractivity (Wildman–Crippen MR) is 73.6 cm³/mol. The van der Waals surface area contributed by atoms with E-state index in [2.05, 4.69) is 25.8 Å². The van der Waals surface area contributed by atoms with Crippen LogP contribution in [-0.2, 0) is 0 Å². The molecule has 94 valence electrons. The van der Waals surface area contributed by atoms with Crippen molar-refractivity contribution in [2.75, 3.05) is 24.6 Å². The van der Waals surface area contributed by atoms with Crippen LogP contribution in [0.15, 0.2) is 16.7 Å². The molecule has 1 aliphatic heterocycles. The average Bonchev–Trinajstić information content (AvgIpc) is 2.29. The lowest BCUT2D eigenvalue weighted by atomic mass is 9.95. The zero-order chi connectivity index (χ0) is 12.3. The number of piperidine rings is 1. The molecular weight excluding hydrogens is 304 g/mol. The SMILES string of the molecule is OCCC1CCCN(c2ncc(Br)cc2Cl)C1. The third kappa shape index (κ3) is 3.33. The predicted octanol–water partition coefficient (Wildman–Crippen LogP) is 3.10. The molecule has 1 atom stereocenters. The van der Waals surface area contributed by atoms with Crippen LogP contribution in [-0.4, -0.2) is 29.8 Å². The lowest BCUT2D eigenvalue weighted by Gasteiger charge is -2.33. The van der Waals surface area contributed by atoms with E-state index in [-0.39, 0.29) is 6.61 Å². The van der Waals surface area contributed by atoms with Crippen LogP contribution in [0, 0.1) is 5.92 Å². The Morgan fingerprint density at radius 3 is 3.12 bits per heavy atom. The molecule has 5 heteroatoms. The van der Waals surface area contributed by atoms with E-state index in [0.717, 1.165) is 36.2 Å². The van der Waals surface area contributed by atoms with Gasteiger partial charge in [-0.25, -0.2) is 4.98 Å². The Balaban J connectivity index is 2.10. The number of nitrogens with zero attached hydrogens (tertiary/aromatic N) is 2. The molecule has 0 amide bonds. The second kappa shape index (κ2) is 6.03. The molecule has 1 fully saturated rings. The van der Waals surface area contributed by atoms with E-state index in [9.17, 15) is 0 Å². The minimum atomic E-state index is 0.264. The highest BCUT2D eigenvalue weighted by molar-refractivity contribution is 9.10. The molecule has 0 aliphatic carbocycles. The Kier molecular flexibility index (Phi) is 4.65. The molecule has 1 aromatic heterocycles. The maximum Gasteiger partial charge on any atom is 0.147 e. The minimum Gasteiger partial charge on any atom is -0.396 e. The molecule has 0 aromatic carbocycles. The highest BCUT2D eigenvalue weighted by Gasteiger charge is 2.22. The van der Waals surface area contributed by atoms with Gasteiger partial charge in [0.25, 0.3) is 0 Å². The van der Waals surface area contributed by atoms with Crippen LogP contribution in [0.25, 0.3) is 0 Å². The fourth-order valence-corrected chi connectivity index (χ4v) is 3.06. The summed E-state index contributed by atoms with van der Waals surface area (Å²) in [5.74, 6) is 1.41. The third-order valence-corrected chi connectivity index (χ3v) is 3.86. The van der Waals surface area contributed by atoms with Gasteiger partial charge in [0.15, 0.2) is 0 Å². The maximum absolute atomic E-state index is 9.00. The van der Waals surface area contributed by atoms with Crippen LogP contribution in [0.4, 0.5) is 5.82 Å². The van der Waals surface area contributed by atoms with Gasteiger partial charge in [0, 0.05) is 30.4 Å². The van der Waals surface area contributed by atoms with E-state index in [1.54, 1.807) is 6.20 Å². The molecule has 0 saturated carbocycles. The van der Waals surface area contributed by atoms with Crippen molar-refractivity contribution in [3.63, 3.8) is 0 Å². The molecule has 0 bridgehead atoms. The first-order chi connectivity index (χ1) is 8.20. The van der Waals surface area contributed by atoms with E-state index in [0.29, 0.717) is 10.9 Å². The summed E-state index contributed by atoms with van der Waals surface area (Å²) in [5, 5.41) is 9.68. The van der Waals surface area contributed by atoms with Gasteiger partial charge in [0.1, 0.15) is 5.82 Å². The molecule has 0 spiro atoms. The fraction of sp³-hybridized carbons (Fsp3) is 0.583. The first-order valence-electron chi connectivity index (χ1n) is 5.87. The Labute approximate surface area is 115 Å². The zero-order valence-electron chi connectivity index (χ0n) is 9.57. The standard InChI is InChI=1S/C12H16BrClN2O/c13-10-6-11(14)12(15-7-10)16-4-1-2-9(8-16)3-5-17/h6-7,9,17H,1-5,8H2. The van der Waals surface area contributed by atoms with E-state index in [1.807, 2.05) is 6.07 Å². The van der Waals surface area contributed by atoms with Crippen molar-refractivity contribution in [3.05, 3.63) is 21.8 Å². The highest BCUT2D eigenvalue weighted by atomic mass is 79.9. The topological polar surface area (TPSA) is 36.4 Å². The summed E-state index contributed by atoms with van der Waals surface area (Å²) in [5.41, 5.74) is 0. The van der Waals surface area contributed by atoms with Gasteiger partial charge >= 0.3 is 0 Å². The molecule has 1 saturated heterocycles. The van der Waals surface area contributed by atoms with Crippen LogP contribution >= 0.6 is 27.5 Å². The Morgan fingerprint density at radius 1 is 1.59 bits per heavy atom. The lowest BCUT2D eigenvalue weighted by molar-refractivity contribution is 0.244. The van der Waals surface area contributed by atoms with E-state index in [1.165, 1.54) is 6.42 Å². The molecule has 1 unspecified atom stereocenters. The van der Waals surface area contributed by atoms with Gasteiger partial charge < -0.3 is 10.0 Å². The number of anilines is 1. The normalized spacial score (nSPS) is 20.6. The average molecular weight is 320 g/mol. The quantitative estimate of drug-likeness (QED) is 0.930. The van der Waals surface area contributed by atoms with Crippen LogP contribution in [0.3, 0.4) is 0 Å². The molecule has 1 aliphatic rings. The molecule has 17 heavy (non-hydrogen) atoms. The monoisotopic (exact) mass is 318 g/mol. The van der Waals surface area contributed by atoms with Gasteiger partial charge in [-0.15, -0.1) is 0 Å². The van der Waals surface area contributed by atoms with E-state index in [4.69, 9.17) is 16.7 Å². The van der Waals surface area contributed by atoms with Crippen molar-refractivity contribution in [2.45, 2.75) is 19.3 Å². The molecule has 1 aromatic rings. The molecule has 0 radical (unpaired) electrons. The number of hydrogen-bond acceptors (Lipinski definition) is 3. The first-order valence-corrected chi connectivity index (χ1v) is 7.04. The highest BCUT2D eigenvalue weighted by Crippen LogP contribution is 2.30. The molecule has 3 nitrogen and oxygen atoms in total. The van der Waals surface area contributed by atoms with Gasteiger partial charge in [-0.2, -0.15) is 0 Å². The van der Waals surface area contributed by atoms with Gasteiger partial charge in [0.05, 0.1) is 5.02 Å². The van der Waals surface area contributed by atoms with Crippen molar-refractivity contribution < 1.29 is 5.11 Å². The molecular formula is C12H16BrClN2O. The summed E-state index contributed by atoms with van der Waals surface area (Å²) < 4.78 is 0.898. The fourth-order valence-electron chi connectivity index (χ4n) is 2.32. The molecule has 2 heterocycles. The Bertz CT molecular complexity index is 387. The smallest absolute Gasteiger partial charge is 0.147 e. The number of aromatic nitrogens is 1. The molecule has 1 N–H and O–H groups in total. The zero-order valence-corrected chi connectivity index (χ0v) is 11.9. The van der Waals surface area contributed by atoms with Gasteiger partial charge in [0.2, 0.25) is 0 Å². The number of hydrogen-bond donors (Lipinski definition) is 1. The van der Waals surface area contributed by atoms with Crippen molar-refractivity contribution in [1.29, 1.82) is 0 Å². The number of halogens is 2. The summed E-state index contributed by atoms with van der Waals surface area (Å²) in [6.07, 6.45) is 4.96. The van der Waals surface area contributed by atoms with E-state index >= 15 is 0 Å². The summed E-state index contributed by atoms with van der Waals surface area (Å²) in [7, 11) is 0. The van der Waals surface area contributed by atoms with Gasteiger partial charge in [-0.1, -0.05) is 11.6 Å². The number of aliphatic hydroxyl groups is 1. The minimum absolute atomic E-state index is 0.264. The first kappa shape index (κ1) is 13.1. The lowest BCUT2D eigenvalue weighted by Crippen LogP contribution is -2.36. The summed E-state index contributed by atoms with van der Waals surface area (Å²) in [6.45, 7) is 2.20. The van der Waals surface area contributed by atoms with E-state index < -0.39 is 0 Å². The van der Waals surface area contributed by atoms with Crippen LogP contribution in [0.2, 0.25) is 5.02 Å². The van der Waals surface area contributed by atoms with Crippen molar-refractivity contribution in [2.24, 2.45) is 5.92 Å². The van der Waals surface area contributed by atoms with Crippen LogP contribution in [0.5, 0.6) is 0 Å². The summed E-state index contributed by atoms with van der Waals surface area (Å²) >= 11 is 9.56. The van der Waals surface area contributed by atoms with Gasteiger partial charge in [-0.3, -0.25) is 0 Å². The maximum atomic E-state index is 9.00. The van der Waals surface area contributed by atoms with Crippen molar-refractivity contribution in [1.82, 2.24) is 4.98 Å².